The molecule has 2 heteroatoms. The van der Waals surface area contributed by atoms with Crippen molar-refractivity contribution in [1.82, 2.24) is 0 Å². The van der Waals surface area contributed by atoms with Gasteiger partial charge in [0.05, 0.1) is 0 Å². The summed E-state index contributed by atoms with van der Waals surface area (Å²) in [7, 11) is 0. The predicted molar refractivity (Wildman–Crippen MR) is 99.1 cm³/mol. The molecule has 0 aliphatic carbocycles. The van der Waals surface area contributed by atoms with Crippen LogP contribution in [0.15, 0.2) is 72.8 Å². The molecule has 0 N–H and O–H groups in total. The van der Waals surface area contributed by atoms with Gasteiger partial charge in [-0.05, 0) is 46.0 Å². The molecule has 0 saturated carbocycles. The first kappa shape index (κ1) is 16.0. The van der Waals surface area contributed by atoms with E-state index in [0.717, 1.165) is 16.3 Å². The van der Waals surface area contributed by atoms with Crippen molar-refractivity contribution in [2.24, 2.45) is 0 Å². The second-order valence-corrected chi connectivity index (χ2v) is 6.05. The van der Waals surface area contributed by atoms with Gasteiger partial charge in [-0.3, -0.25) is 0 Å². The largest absolute Gasteiger partial charge is 0.423 e. The number of carbonyl (C=O) groups is 1. The molecule has 2 nitrogen and oxygen atoms in total. The van der Waals surface area contributed by atoms with Crippen LogP contribution in [0.2, 0.25) is 0 Å². The Morgan fingerprint density at radius 3 is 2.38 bits per heavy atom. The molecule has 120 valence electrons. The molecule has 0 heterocycles. The van der Waals surface area contributed by atoms with Gasteiger partial charge in [0, 0.05) is 6.08 Å². The van der Waals surface area contributed by atoms with Gasteiger partial charge in [-0.25, -0.2) is 4.79 Å². The highest BCUT2D eigenvalue weighted by Crippen LogP contribution is 2.21. The number of fused-ring (bicyclic) bond motifs is 1. The SMILES string of the molecule is CC(C)c1ccc(OC(=O)C=Cc2cccc3ccccc23)cc1. The van der Waals surface area contributed by atoms with Crippen LogP contribution in [-0.2, 0) is 4.79 Å². The molecular formula is C22H20O2. The molecule has 0 radical (unpaired) electrons. The van der Waals surface area contributed by atoms with Gasteiger partial charge in [0.25, 0.3) is 0 Å². The predicted octanol–water partition coefficient (Wildman–Crippen LogP) is 5.58. The second-order valence-electron chi connectivity index (χ2n) is 6.05. The molecular weight excluding hydrogens is 296 g/mol. The van der Waals surface area contributed by atoms with E-state index in [-0.39, 0.29) is 5.97 Å². The highest BCUT2D eigenvalue weighted by atomic mass is 16.5. The summed E-state index contributed by atoms with van der Waals surface area (Å²) < 4.78 is 5.36. The summed E-state index contributed by atoms with van der Waals surface area (Å²) in [5.74, 6) is 0.646. The third kappa shape index (κ3) is 3.72. The Morgan fingerprint density at radius 2 is 1.62 bits per heavy atom. The van der Waals surface area contributed by atoms with E-state index in [0.29, 0.717) is 11.7 Å². The molecule has 0 spiro atoms. The third-order valence-corrected chi connectivity index (χ3v) is 3.99. The van der Waals surface area contributed by atoms with E-state index >= 15 is 0 Å². The van der Waals surface area contributed by atoms with Crippen LogP contribution in [0.1, 0.15) is 30.9 Å². The van der Waals surface area contributed by atoms with Crippen LogP contribution in [0, 0.1) is 0 Å². The quantitative estimate of drug-likeness (QED) is 0.357. The first-order chi connectivity index (χ1) is 11.6. The smallest absolute Gasteiger partial charge is 0.336 e. The summed E-state index contributed by atoms with van der Waals surface area (Å²) in [6.45, 7) is 4.27. The number of hydrogen-bond donors (Lipinski definition) is 0. The molecule has 0 bridgehead atoms. The summed E-state index contributed by atoms with van der Waals surface area (Å²) in [6.07, 6.45) is 3.27. The van der Waals surface area contributed by atoms with Gasteiger partial charge >= 0.3 is 5.97 Å². The molecule has 0 aromatic heterocycles. The van der Waals surface area contributed by atoms with E-state index in [2.05, 4.69) is 26.0 Å². The molecule has 24 heavy (non-hydrogen) atoms. The Hall–Kier alpha value is -2.87. The van der Waals surface area contributed by atoms with Crippen LogP contribution in [0.25, 0.3) is 16.8 Å². The fourth-order valence-corrected chi connectivity index (χ4v) is 2.62. The summed E-state index contributed by atoms with van der Waals surface area (Å²) >= 11 is 0. The zero-order valence-corrected chi connectivity index (χ0v) is 13.9. The monoisotopic (exact) mass is 316 g/mol. The Labute approximate surface area is 142 Å². The molecule has 3 aromatic carbocycles. The second kappa shape index (κ2) is 7.14. The number of esters is 1. The molecule has 0 atom stereocenters. The molecule has 0 saturated heterocycles. The van der Waals surface area contributed by atoms with Crippen molar-refractivity contribution in [3.63, 3.8) is 0 Å². The normalized spacial score (nSPS) is 11.3. The molecule has 0 aliphatic rings. The van der Waals surface area contributed by atoms with Crippen molar-refractivity contribution >= 4 is 22.8 Å². The summed E-state index contributed by atoms with van der Waals surface area (Å²) in [5.41, 5.74) is 2.22. The highest BCUT2D eigenvalue weighted by Gasteiger charge is 2.03. The van der Waals surface area contributed by atoms with Crippen LogP contribution in [0.4, 0.5) is 0 Å². The Kier molecular flexibility index (Phi) is 4.76. The fourth-order valence-electron chi connectivity index (χ4n) is 2.62. The molecule has 0 fully saturated rings. The standard InChI is InChI=1S/C22H20O2/c1-16(2)17-10-13-20(14-11-17)24-22(23)15-12-19-8-5-7-18-6-3-4-9-21(18)19/h3-16H,1-2H3. The summed E-state index contributed by atoms with van der Waals surface area (Å²) in [6, 6.07) is 21.8. The zero-order valence-electron chi connectivity index (χ0n) is 13.9. The number of rotatable bonds is 4. The lowest BCUT2D eigenvalue weighted by Gasteiger charge is -2.06. The first-order valence-corrected chi connectivity index (χ1v) is 8.11. The minimum atomic E-state index is -0.375. The van der Waals surface area contributed by atoms with E-state index in [9.17, 15) is 4.79 Å². The maximum absolute atomic E-state index is 12.0. The average molecular weight is 316 g/mol. The van der Waals surface area contributed by atoms with Crippen molar-refractivity contribution in [3.8, 4) is 5.75 Å². The van der Waals surface area contributed by atoms with Gasteiger partial charge in [-0.1, -0.05) is 68.4 Å². The van der Waals surface area contributed by atoms with Crippen molar-refractivity contribution in [2.75, 3.05) is 0 Å². The minimum absolute atomic E-state index is 0.375. The molecule has 3 aromatic rings. The van der Waals surface area contributed by atoms with Crippen LogP contribution >= 0.6 is 0 Å². The van der Waals surface area contributed by atoms with Gasteiger partial charge in [-0.15, -0.1) is 0 Å². The van der Waals surface area contributed by atoms with Crippen molar-refractivity contribution in [3.05, 3.63) is 83.9 Å². The topological polar surface area (TPSA) is 26.3 Å². The number of hydrogen-bond acceptors (Lipinski definition) is 2. The van der Waals surface area contributed by atoms with Crippen molar-refractivity contribution < 1.29 is 9.53 Å². The number of ether oxygens (including phenoxy) is 1. The molecule has 0 amide bonds. The number of benzene rings is 3. The highest BCUT2D eigenvalue weighted by molar-refractivity contribution is 5.95. The third-order valence-electron chi connectivity index (χ3n) is 3.99. The van der Waals surface area contributed by atoms with Crippen LogP contribution in [0.3, 0.4) is 0 Å². The fraction of sp³-hybridized carbons (Fsp3) is 0.136. The van der Waals surface area contributed by atoms with Gasteiger partial charge in [0.15, 0.2) is 0 Å². The average Bonchev–Trinajstić information content (AvgIpc) is 2.60. The lowest BCUT2D eigenvalue weighted by atomic mass is 10.0. The van der Waals surface area contributed by atoms with Crippen LogP contribution in [-0.4, -0.2) is 5.97 Å². The van der Waals surface area contributed by atoms with E-state index in [1.54, 1.807) is 6.08 Å². The maximum Gasteiger partial charge on any atom is 0.336 e. The van der Waals surface area contributed by atoms with E-state index in [1.165, 1.54) is 11.6 Å². The van der Waals surface area contributed by atoms with Crippen molar-refractivity contribution in [1.29, 1.82) is 0 Å². The van der Waals surface area contributed by atoms with Gasteiger partial charge < -0.3 is 4.74 Å². The lowest BCUT2D eigenvalue weighted by Crippen LogP contribution is -2.03. The summed E-state index contributed by atoms with van der Waals surface area (Å²) in [5, 5.41) is 2.27. The first-order valence-electron chi connectivity index (χ1n) is 8.11. The van der Waals surface area contributed by atoms with E-state index in [1.807, 2.05) is 54.6 Å². The Balaban J connectivity index is 1.73. The van der Waals surface area contributed by atoms with Gasteiger partial charge in [-0.2, -0.15) is 0 Å². The zero-order chi connectivity index (χ0) is 16.9. The van der Waals surface area contributed by atoms with Gasteiger partial charge in [0.1, 0.15) is 5.75 Å². The van der Waals surface area contributed by atoms with E-state index in [4.69, 9.17) is 4.74 Å². The Morgan fingerprint density at radius 1 is 0.917 bits per heavy atom. The lowest BCUT2D eigenvalue weighted by molar-refractivity contribution is -0.128. The molecule has 0 unspecified atom stereocenters. The van der Waals surface area contributed by atoms with Crippen LogP contribution < -0.4 is 4.74 Å². The Bertz CT molecular complexity index is 869. The molecule has 0 aliphatic heterocycles. The molecule has 3 rings (SSSR count). The summed E-state index contributed by atoms with van der Waals surface area (Å²) in [4.78, 5) is 12.0. The maximum atomic E-state index is 12.0. The number of carbonyl (C=O) groups excluding carboxylic acids is 1. The minimum Gasteiger partial charge on any atom is -0.423 e. The van der Waals surface area contributed by atoms with Crippen molar-refractivity contribution in [2.45, 2.75) is 19.8 Å². The van der Waals surface area contributed by atoms with Crippen LogP contribution in [0.5, 0.6) is 5.75 Å². The van der Waals surface area contributed by atoms with E-state index < -0.39 is 0 Å². The van der Waals surface area contributed by atoms with Gasteiger partial charge in [0.2, 0.25) is 0 Å².